The number of rotatable bonds is 7. The van der Waals surface area contributed by atoms with Crippen LogP contribution in [0.3, 0.4) is 0 Å². The summed E-state index contributed by atoms with van der Waals surface area (Å²) in [5, 5.41) is 3.31. The van der Waals surface area contributed by atoms with Crippen LogP contribution in [0.2, 0.25) is 0 Å². The van der Waals surface area contributed by atoms with Crippen molar-refractivity contribution in [2.24, 2.45) is 0 Å². The minimum Gasteiger partial charge on any atom is -0.491 e. The van der Waals surface area contributed by atoms with Crippen molar-refractivity contribution < 1.29 is 13.9 Å². The van der Waals surface area contributed by atoms with Gasteiger partial charge < -0.3 is 14.8 Å². The van der Waals surface area contributed by atoms with Gasteiger partial charge in [0, 0.05) is 19.3 Å². The summed E-state index contributed by atoms with van der Waals surface area (Å²) in [6, 6.07) is 12.6. The van der Waals surface area contributed by atoms with E-state index in [0.29, 0.717) is 19.8 Å². The highest BCUT2D eigenvalue weighted by Crippen LogP contribution is 2.17. The first-order valence-electron chi connectivity index (χ1n) is 6.90. The van der Waals surface area contributed by atoms with Crippen molar-refractivity contribution in [2.75, 3.05) is 25.6 Å². The van der Waals surface area contributed by atoms with E-state index in [-0.39, 0.29) is 5.82 Å². The number of hydrogen-bond acceptors (Lipinski definition) is 3. The monoisotopic (exact) mass is 289 g/mol. The lowest BCUT2D eigenvalue weighted by Gasteiger charge is -2.10. The highest BCUT2D eigenvalue weighted by Gasteiger charge is 2.01. The SMILES string of the molecule is COCCOc1ccc(NCc2ccc(F)cc2C)cc1. The van der Waals surface area contributed by atoms with Crippen LogP contribution in [0.15, 0.2) is 42.5 Å². The van der Waals surface area contributed by atoms with Crippen molar-refractivity contribution in [1.82, 2.24) is 0 Å². The molecule has 21 heavy (non-hydrogen) atoms. The van der Waals surface area contributed by atoms with E-state index in [1.807, 2.05) is 31.2 Å². The Hall–Kier alpha value is -2.07. The minimum absolute atomic E-state index is 0.200. The highest BCUT2D eigenvalue weighted by molar-refractivity contribution is 5.47. The molecule has 0 aliphatic rings. The van der Waals surface area contributed by atoms with Gasteiger partial charge in [-0.15, -0.1) is 0 Å². The van der Waals surface area contributed by atoms with Crippen LogP contribution >= 0.6 is 0 Å². The molecule has 0 heterocycles. The van der Waals surface area contributed by atoms with Crippen LogP contribution in [0.5, 0.6) is 5.75 Å². The number of aryl methyl sites for hydroxylation is 1. The summed E-state index contributed by atoms with van der Waals surface area (Å²) >= 11 is 0. The average molecular weight is 289 g/mol. The summed E-state index contributed by atoms with van der Waals surface area (Å²) < 4.78 is 23.5. The van der Waals surface area contributed by atoms with Gasteiger partial charge in [-0.05, 0) is 54.4 Å². The molecule has 0 aliphatic heterocycles. The summed E-state index contributed by atoms with van der Waals surface area (Å²) in [6.45, 7) is 3.69. The van der Waals surface area contributed by atoms with E-state index in [0.717, 1.165) is 22.6 Å². The third-order valence-corrected chi connectivity index (χ3v) is 3.20. The molecule has 0 atom stereocenters. The van der Waals surface area contributed by atoms with Gasteiger partial charge in [-0.25, -0.2) is 4.39 Å². The normalized spacial score (nSPS) is 10.4. The largest absolute Gasteiger partial charge is 0.491 e. The molecule has 0 radical (unpaired) electrons. The predicted octanol–water partition coefficient (Wildman–Crippen LogP) is 3.77. The van der Waals surface area contributed by atoms with Crippen molar-refractivity contribution in [3.05, 3.63) is 59.4 Å². The van der Waals surface area contributed by atoms with Crippen molar-refractivity contribution in [1.29, 1.82) is 0 Å². The molecule has 2 aromatic carbocycles. The molecule has 0 aliphatic carbocycles. The maximum absolute atomic E-state index is 13.0. The van der Waals surface area contributed by atoms with Gasteiger partial charge in [0.05, 0.1) is 6.61 Å². The second-order valence-electron chi connectivity index (χ2n) is 4.79. The lowest BCUT2D eigenvalue weighted by molar-refractivity contribution is 0.146. The lowest BCUT2D eigenvalue weighted by atomic mass is 10.1. The number of halogens is 1. The molecule has 0 saturated heterocycles. The Morgan fingerprint density at radius 3 is 2.48 bits per heavy atom. The van der Waals surface area contributed by atoms with Gasteiger partial charge in [0.25, 0.3) is 0 Å². The fourth-order valence-corrected chi connectivity index (χ4v) is 1.97. The Kier molecular flexibility index (Phi) is 5.58. The van der Waals surface area contributed by atoms with E-state index in [9.17, 15) is 4.39 Å². The van der Waals surface area contributed by atoms with Crippen LogP contribution in [0.1, 0.15) is 11.1 Å². The van der Waals surface area contributed by atoms with Crippen molar-refractivity contribution in [3.8, 4) is 5.75 Å². The molecule has 3 nitrogen and oxygen atoms in total. The molecule has 0 spiro atoms. The zero-order chi connectivity index (χ0) is 15.1. The highest BCUT2D eigenvalue weighted by atomic mass is 19.1. The fraction of sp³-hybridized carbons (Fsp3) is 0.294. The van der Waals surface area contributed by atoms with Crippen LogP contribution < -0.4 is 10.1 Å². The second kappa shape index (κ2) is 7.64. The quantitative estimate of drug-likeness (QED) is 0.787. The van der Waals surface area contributed by atoms with Gasteiger partial charge in [0.15, 0.2) is 0 Å². The van der Waals surface area contributed by atoms with Crippen molar-refractivity contribution in [3.63, 3.8) is 0 Å². The van der Waals surface area contributed by atoms with Gasteiger partial charge >= 0.3 is 0 Å². The van der Waals surface area contributed by atoms with E-state index in [1.54, 1.807) is 19.2 Å². The number of methoxy groups -OCH3 is 1. The van der Waals surface area contributed by atoms with Crippen LogP contribution in [-0.4, -0.2) is 20.3 Å². The first kappa shape index (κ1) is 15.3. The summed E-state index contributed by atoms with van der Waals surface area (Å²) in [5.41, 5.74) is 3.02. The number of nitrogens with one attached hydrogen (secondary N) is 1. The van der Waals surface area contributed by atoms with Crippen LogP contribution in [-0.2, 0) is 11.3 Å². The molecule has 0 unspecified atom stereocenters. The number of ether oxygens (including phenoxy) is 2. The summed E-state index contributed by atoms with van der Waals surface area (Å²) in [4.78, 5) is 0. The number of benzene rings is 2. The summed E-state index contributed by atoms with van der Waals surface area (Å²) in [5.74, 6) is 0.615. The fourth-order valence-electron chi connectivity index (χ4n) is 1.97. The van der Waals surface area contributed by atoms with E-state index < -0.39 is 0 Å². The molecule has 1 N–H and O–H groups in total. The summed E-state index contributed by atoms with van der Waals surface area (Å²) in [7, 11) is 1.65. The molecular weight excluding hydrogens is 269 g/mol. The molecule has 112 valence electrons. The van der Waals surface area contributed by atoms with E-state index >= 15 is 0 Å². The minimum atomic E-state index is -0.200. The maximum Gasteiger partial charge on any atom is 0.123 e. The third kappa shape index (κ3) is 4.76. The Morgan fingerprint density at radius 2 is 1.81 bits per heavy atom. The molecule has 0 fully saturated rings. The Balaban J connectivity index is 1.88. The zero-order valence-electron chi connectivity index (χ0n) is 12.4. The molecule has 2 rings (SSSR count). The van der Waals surface area contributed by atoms with Gasteiger partial charge in [-0.1, -0.05) is 6.07 Å². The van der Waals surface area contributed by atoms with Gasteiger partial charge in [0.2, 0.25) is 0 Å². The molecule has 0 amide bonds. The third-order valence-electron chi connectivity index (χ3n) is 3.20. The zero-order valence-corrected chi connectivity index (χ0v) is 12.4. The second-order valence-corrected chi connectivity index (χ2v) is 4.79. The molecule has 0 aromatic heterocycles. The van der Waals surface area contributed by atoms with Crippen molar-refractivity contribution in [2.45, 2.75) is 13.5 Å². The molecule has 0 bridgehead atoms. The smallest absolute Gasteiger partial charge is 0.123 e. The number of anilines is 1. The Labute approximate surface area is 124 Å². The van der Waals surface area contributed by atoms with Gasteiger partial charge in [0.1, 0.15) is 18.2 Å². The van der Waals surface area contributed by atoms with E-state index in [1.165, 1.54) is 6.07 Å². The predicted molar refractivity (Wildman–Crippen MR) is 82.3 cm³/mol. The Morgan fingerprint density at radius 1 is 1.05 bits per heavy atom. The molecule has 4 heteroatoms. The topological polar surface area (TPSA) is 30.5 Å². The van der Waals surface area contributed by atoms with Gasteiger partial charge in [-0.2, -0.15) is 0 Å². The van der Waals surface area contributed by atoms with Gasteiger partial charge in [-0.3, -0.25) is 0 Å². The molecular formula is C17H20FNO2. The van der Waals surface area contributed by atoms with Crippen molar-refractivity contribution >= 4 is 5.69 Å². The number of hydrogen-bond donors (Lipinski definition) is 1. The molecule has 2 aromatic rings. The first-order valence-corrected chi connectivity index (χ1v) is 6.90. The van der Waals surface area contributed by atoms with E-state index in [4.69, 9.17) is 9.47 Å². The van der Waals surface area contributed by atoms with Crippen LogP contribution in [0.4, 0.5) is 10.1 Å². The molecule has 0 saturated carbocycles. The first-order chi connectivity index (χ1) is 10.2. The maximum atomic E-state index is 13.0. The Bertz CT molecular complexity index is 570. The van der Waals surface area contributed by atoms with Crippen LogP contribution in [0, 0.1) is 12.7 Å². The standard InChI is InChI=1S/C17H20FNO2/c1-13-11-15(18)4-3-14(13)12-19-16-5-7-17(8-6-16)21-10-9-20-2/h3-8,11,19H,9-10,12H2,1-2H3. The lowest BCUT2D eigenvalue weighted by Crippen LogP contribution is -2.04. The average Bonchev–Trinajstić information content (AvgIpc) is 2.48. The summed E-state index contributed by atoms with van der Waals surface area (Å²) in [6.07, 6.45) is 0. The van der Waals surface area contributed by atoms with E-state index in [2.05, 4.69) is 5.32 Å². The van der Waals surface area contributed by atoms with Crippen LogP contribution in [0.25, 0.3) is 0 Å².